The van der Waals surface area contributed by atoms with Gasteiger partial charge < -0.3 is 16.2 Å². The number of hydrogen-bond donors (Lipinski definition) is 3. The zero-order valence-corrected chi connectivity index (χ0v) is 12.0. The number of benzene rings is 1. The molecule has 0 radical (unpaired) electrons. The van der Waals surface area contributed by atoms with Crippen LogP contribution in [0.5, 0.6) is 0 Å². The van der Waals surface area contributed by atoms with Crippen LogP contribution in [0, 0.1) is 10.1 Å². The number of anilines is 1. The van der Waals surface area contributed by atoms with Crippen LogP contribution in [0.15, 0.2) is 12.1 Å². The first kappa shape index (κ1) is 15.5. The van der Waals surface area contributed by atoms with E-state index in [1.165, 1.54) is 6.07 Å². The molecule has 2 unspecified atom stereocenters. The highest BCUT2D eigenvalue weighted by Gasteiger charge is 2.26. The Balaban J connectivity index is 2.21. The summed E-state index contributed by atoms with van der Waals surface area (Å²) in [6.45, 7) is 0. The van der Waals surface area contributed by atoms with E-state index in [1.54, 1.807) is 0 Å². The highest BCUT2D eigenvalue weighted by Crippen LogP contribution is 2.31. The van der Waals surface area contributed by atoms with E-state index in [-0.39, 0.29) is 22.3 Å². The van der Waals surface area contributed by atoms with Gasteiger partial charge in [0.2, 0.25) is 0 Å². The summed E-state index contributed by atoms with van der Waals surface area (Å²) >= 11 is 5.82. The Morgan fingerprint density at radius 3 is 2.71 bits per heavy atom. The molecule has 1 fully saturated rings. The van der Waals surface area contributed by atoms with Crippen LogP contribution >= 0.6 is 11.6 Å². The van der Waals surface area contributed by atoms with Gasteiger partial charge in [0.25, 0.3) is 11.6 Å². The number of aliphatic hydroxyl groups excluding tert-OH is 1. The third kappa shape index (κ3) is 3.43. The van der Waals surface area contributed by atoms with E-state index in [0.29, 0.717) is 12.8 Å². The lowest BCUT2D eigenvalue weighted by molar-refractivity contribution is -0.383. The Kier molecular flexibility index (Phi) is 4.64. The maximum Gasteiger partial charge on any atom is 0.294 e. The highest BCUT2D eigenvalue weighted by atomic mass is 35.5. The van der Waals surface area contributed by atoms with Crippen molar-refractivity contribution >= 4 is 28.9 Å². The summed E-state index contributed by atoms with van der Waals surface area (Å²) in [4.78, 5) is 22.4. The van der Waals surface area contributed by atoms with Gasteiger partial charge >= 0.3 is 0 Å². The lowest BCUT2D eigenvalue weighted by atomic mass is 9.92. The molecule has 1 aromatic carbocycles. The number of nitrogens with two attached hydrogens (primary N) is 1. The van der Waals surface area contributed by atoms with Crippen molar-refractivity contribution in [2.75, 3.05) is 5.73 Å². The summed E-state index contributed by atoms with van der Waals surface area (Å²) in [6.07, 6.45) is 2.56. The van der Waals surface area contributed by atoms with Crippen molar-refractivity contribution < 1.29 is 14.8 Å². The molecule has 0 spiro atoms. The van der Waals surface area contributed by atoms with Crippen LogP contribution in [-0.4, -0.2) is 28.1 Å². The molecule has 0 aliphatic heterocycles. The van der Waals surface area contributed by atoms with Crippen molar-refractivity contribution in [3.63, 3.8) is 0 Å². The SMILES string of the molecule is Nc1c(Cl)cc(C(=O)NC2CCCCC2O)cc1[N+](=O)[O-]. The number of nitro benzene ring substituents is 1. The Morgan fingerprint density at radius 1 is 1.43 bits per heavy atom. The highest BCUT2D eigenvalue weighted by molar-refractivity contribution is 6.34. The van der Waals surface area contributed by atoms with Crippen LogP contribution in [0.4, 0.5) is 11.4 Å². The molecule has 0 saturated heterocycles. The molecule has 0 aromatic heterocycles. The number of amides is 1. The lowest BCUT2D eigenvalue weighted by Gasteiger charge is -2.28. The zero-order valence-electron chi connectivity index (χ0n) is 11.2. The van der Waals surface area contributed by atoms with Crippen LogP contribution < -0.4 is 11.1 Å². The molecule has 2 rings (SSSR count). The largest absolute Gasteiger partial charge is 0.392 e. The first-order valence-electron chi connectivity index (χ1n) is 6.62. The summed E-state index contributed by atoms with van der Waals surface area (Å²) in [5, 5.41) is 23.4. The van der Waals surface area contributed by atoms with Crippen LogP contribution in [0.1, 0.15) is 36.0 Å². The Bertz CT molecular complexity index is 579. The minimum Gasteiger partial charge on any atom is -0.392 e. The van der Waals surface area contributed by atoms with Crippen LogP contribution in [-0.2, 0) is 0 Å². The van der Waals surface area contributed by atoms with Crippen molar-refractivity contribution in [2.45, 2.75) is 37.8 Å². The average molecular weight is 314 g/mol. The number of nitrogen functional groups attached to an aromatic ring is 1. The second-order valence-electron chi connectivity index (χ2n) is 5.08. The summed E-state index contributed by atoms with van der Waals surface area (Å²) in [5.74, 6) is -0.508. The number of nitro groups is 1. The molecule has 0 bridgehead atoms. The van der Waals surface area contributed by atoms with E-state index in [9.17, 15) is 20.0 Å². The molecule has 21 heavy (non-hydrogen) atoms. The molecular formula is C13H16ClN3O4. The number of aliphatic hydroxyl groups is 1. The quantitative estimate of drug-likeness (QED) is 0.447. The lowest BCUT2D eigenvalue weighted by Crippen LogP contribution is -2.45. The number of halogens is 1. The predicted octanol–water partition coefficient (Wildman–Crippen LogP) is 1.86. The maximum atomic E-state index is 12.2. The van der Waals surface area contributed by atoms with Crippen molar-refractivity contribution in [3.8, 4) is 0 Å². The fraction of sp³-hybridized carbons (Fsp3) is 0.462. The Morgan fingerprint density at radius 2 is 2.10 bits per heavy atom. The second-order valence-corrected chi connectivity index (χ2v) is 5.49. The third-order valence-electron chi connectivity index (χ3n) is 3.61. The smallest absolute Gasteiger partial charge is 0.294 e. The van der Waals surface area contributed by atoms with Gasteiger partial charge in [-0.3, -0.25) is 14.9 Å². The number of nitrogens with one attached hydrogen (secondary N) is 1. The van der Waals surface area contributed by atoms with E-state index in [2.05, 4.69) is 5.32 Å². The summed E-state index contributed by atoms with van der Waals surface area (Å²) in [5.41, 5.74) is 4.99. The number of carbonyl (C=O) groups is 1. The van der Waals surface area contributed by atoms with Crippen LogP contribution in [0.25, 0.3) is 0 Å². The van der Waals surface area contributed by atoms with Gasteiger partial charge in [-0.25, -0.2) is 0 Å². The van der Waals surface area contributed by atoms with E-state index in [0.717, 1.165) is 18.9 Å². The third-order valence-corrected chi connectivity index (χ3v) is 3.93. The normalized spacial score (nSPS) is 21.8. The fourth-order valence-electron chi connectivity index (χ4n) is 2.42. The summed E-state index contributed by atoms with van der Waals surface area (Å²) in [7, 11) is 0. The topological polar surface area (TPSA) is 118 Å². The minimum absolute atomic E-state index is 0.0430. The minimum atomic E-state index is -0.687. The van der Waals surface area contributed by atoms with E-state index < -0.39 is 22.6 Å². The monoisotopic (exact) mass is 313 g/mol. The zero-order chi connectivity index (χ0) is 15.6. The molecule has 1 aliphatic rings. The van der Waals surface area contributed by atoms with Gasteiger partial charge in [0.05, 0.1) is 22.1 Å². The van der Waals surface area contributed by atoms with Crippen molar-refractivity contribution in [2.24, 2.45) is 0 Å². The molecule has 7 nitrogen and oxygen atoms in total. The molecule has 1 amide bonds. The molecule has 1 aliphatic carbocycles. The van der Waals surface area contributed by atoms with Gasteiger partial charge in [0, 0.05) is 11.6 Å². The van der Waals surface area contributed by atoms with Gasteiger partial charge in [0.15, 0.2) is 0 Å². The van der Waals surface area contributed by atoms with Gasteiger partial charge in [-0.15, -0.1) is 0 Å². The van der Waals surface area contributed by atoms with Gasteiger partial charge in [-0.05, 0) is 18.9 Å². The van der Waals surface area contributed by atoms with E-state index >= 15 is 0 Å². The molecule has 2 atom stereocenters. The maximum absolute atomic E-state index is 12.2. The molecule has 0 heterocycles. The first-order chi connectivity index (χ1) is 9.90. The number of rotatable bonds is 3. The standard InChI is InChI=1S/C13H16ClN3O4/c14-8-5-7(6-10(12(8)15)17(20)21)13(19)16-9-3-1-2-4-11(9)18/h5-6,9,11,18H,1-4,15H2,(H,16,19). The van der Waals surface area contributed by atoms with Gasteiger partial charge in [-0.2, -0.15) is 0 Å². The number of hydrogen-bond acceptors (Lipinski definition) is 5. The summed E-state index contributed by atoms with van der Waals surface area (Å²) in [6, 6.07) is 2.03. The molecule has 4 N–H and O–H groups in total. The van der Waals surface area contributed by atoms with Crippen LogP contribution in [0.3, 0.4) is 0 Å². The number of nitrogens with zero attached hydrogens (tertiary/aromatic N) is 1. The predicted molar refractivity (Wildman–Crippen MR) is 78.2 cm³/mol. The molecule has 8 heteroatoms. The van der Waals surface area contributed by atoms with Crippen molar-refractivity contribution in [1.82, 2.24) is 5.32 Å². The molecular weight excluding hydrogens is 298 g/mol. The Labute approximate surface area is 126 Å². The second kappa shape index (κ2) is 6.28. The molecule has 1 saturated carbocycles. The molecule has 114 valence electrons. The average Bonchev–Trinajstić information content (AvgIpc) is 2.43. The molecule has 1 aromatic rings. The van der Waals surface area contributed by atoms with Gasteiger partial charge in [-0.1, -0.05) is 24.4 Å². The van der Waals surface area contributed by atoms with E-state index in [1.807, 2.05) is 0 Å². The van der Waals surface area contributed by atoms with E-state index in [4.69, 9.17) is 17.3 Å². The van der Waals surface area contributed by atoms with Crippen molar-refractivity contribution in [3.05, 3.63) is 32.8 Å². The summed E-state index contributed by atoms with van der Waals surface area (Å²) < 4.78 is 0. The number of carbonyl (C=O) groups excluding carboxylic acids is 1. The first-order valence-corrected chi connectivity index (χ1v) is 7.00. The van der Waals surface area contributed by atoms with Crippen molar-refractivity contribution in [1.29, 1.82) is 0 Å². The Hall–Kier alpha value is -1.86. The fourth-order valence-corrected chi connectivity index (χ4v) is 2.63. The van der Waals surface area contributed by atoms with Crippen LogP contribution in [0.2, 0.25) is 5.02 Å². The van der Waals surface area contributed by atoms with Gasteiger partial charge in [0.1, 0.15) is 5.69 Å².